The molecule has 0 aliphatic carbocycles. The van der Waals surface area contributed by atoms with Crippen LogP contribution in [0, 0.1) is 11.8 Å². The maximum Gasteiger partial charge on any atom is 0.258 e. The summed E-state index contributed by atoms with van der Waals surface area (Å²) < 4.78 is 13.2. The summed E-state index contributed by atoms with van der Waals surface area (Å²) in [5, 5.41) is 0. The van der Waals surface area contributed by atoms with Gasteiger partial charge in [0.15, 0.2) is 0 Å². The summed E-state index contributed by atoms with van der Waals surface area (Å²) in [5.41, 5.74) is 2.50. The van der Waals surface area contributed by atoms with Crippen molar-refractivity contribution in [1.82, 2.24) is 0 Å². The minimum absolute atomic E-state index is 0.179. The lowest BCUT2D eigenvalue weighted by atomic mass is 10.1. The number of hydrogen-bond donors (Lipinski definition) is 0. The van der Waals surface area contributed by atoms with Gasteiger partial charge in [-0.1, -0.05) is 64.1 Å². The smallest absolute Gasteiger partial charge is 0.258 e. The average molecular weight is 723 g/mol. The second-order valence-corrected chi connectivity index (χ2v) is 13.0. The number of carbonyl (C=O) groups is 2. The van der Waals surface area contributed by atoms with E-state index in [-0.39, 0.29) is 24.9 Å². The second-order valence-electron chi connectivity index (χ2n) is 11.3. The van der Waals surface area contributed by atoms with E-state index in [1.54, 1.807) is 34.1 Å². The van der Waals surface area contributed by atoms with Gasteiger partial charge in [0.2, 0.25) is 0 Å². The van der Waals surface area contributed by atoms with Gasteiger partial charge >= 0.3 is 0 Å². The standard InChI is InChI=1S/C36H38Br2N2O4/c1-25(2)23-43-33-17-15-27(21-31(33)37)35(41)39(29-11-7-5-8-12-29)19-20-40(30-13-9-6-10-14-30)36(42)28-16-18-34(32(38)22-28)44-24-26(3)4/h5-18,21-22,25-26H,19-20,23-24H2,1-4H3. The molecular formula is C36H38Br2N2O4. The summed E-state index contributed by atoms with van der Waals surface area (Å²) in [6, 6.07) is 29.8. The number of hydrogen-bond acceptors (Lipinski definition) is 4. The van der Waals surface area contributed by atoms with Gasteiger partial charge in [0.05, 0.1) is 22.2 Å². The Morgan fingerprint density at radius 3 is 1.27 bits per heavy atom. The molecule has 0 saturated heterocycles. The molecule has 4 aromatic carbocycles. The van der Waals surface area contributed by atoms with Gasteiger partial charge in [0.1, 0.15) is 11.5 Å². The molecule has 4 aromatic rings. The first kappa shape index (κ1) is 33.3. The predicted molar refractivity (Wildman–Crippen MR) is 185 cm³/mol. The van der Waals surface area contributed by atoms with Crippen LogP contribution in [0.15, 0.2) is 106 Å². The minimum atomic E-state index is -0.179. The molecule has 0 fully saturated rings. The van der Waals surface area contributed by atoms with Crippen LogP contribution in [0.5, 0.6) is 11.5 Å². The third kappa shape index (κ3) is 8.96. The lowest BCUT2D eigenvalue weighted by molar-refractivity contribution is 0.0968. The zero-order valence-corrected chi connectivity index (χ0v) is 28.7. The molecule has 0 aromatic heterocycles. The monoisotopic (exact) mass is 720 g/mol. The first-order valence-electron chi connectivity index (χ1n) is 14.7. The fraction of sp³-hybridized carbons (Fsp3) is 0.278. The highest BCUT2D eigenvalue weighted by atomic mass is 79.9. The van der Waals surface area contributed by atoms with Crippen molar-refractivity contribution >= 4 is 55.0 Å². The van der Waals surface area contributed by atoms with Crippen LogP contribution in [-0.4, -0.2) is 38.1 Å². The Labute approximate surface area is 277 Å². The Hall–Kier alpha value is -3.62. The number of para-hydroxylation sites is 2. The highest BCUT2D eigenvalue weighted by Crippen LogP contribution is 2.30. The van der Waals surface area contributed by atoms with Crippen LogP contribution in [0.25, 0.3) is 0 Å². The molecule has 8 heteroatoms. The van der Waals surface area contributed by atoms with E-state index in [1.807, 2.05) is 72.8 Å². The zero-order chi connectivity index (χ0) is 31.6. The van der Waals surface area contributed by atoms with Crippen molar-refractivity contribution in [1.29, 1.82) is 0 Å². The molecule has 4 rings (SSSR count). The predicted octanol–water partition coefficient (Wildman–Crippen LogP) is 9.28. The molecule has 0 saturated carbocycles. The molecule has 0 radical (unpaired) electrons. The number of amides is 2. The fourth-order valence-corrected chi connectivity index (χ4v) is 5.42. The summed E-state index contributed by atoms with van der Waals surface area (Å²) in [6.45, 7) is 10.0. The summed E-state index contributed by atoms with van der Waals surface area (Å²) in [7, 11) is 0. The zero-order valence-electron chi connectivity index (χ0n) is 25.5. The molecule has 0 N–H and O–H groups in total. The highest BCUT2D eigenvalue weighted by Gasteiger charge is 2.24. The fourth-order valence-electron chi connectivity index (χ4n) is 4.44. The Morgan fingerprint density at radius 2 is 0.955 bits per heavy atom. The van der Waals surface area contributed by atoms with E-state index < -0.39 is 0 Å². The third-order valence-corrected chi connectivity index (χ3v) is 7.91. The lowest BCUT2D eigenvalue weighted by Crippen LogP contribution is -2.41. The number of anilines is 2. The molecule has 0 aliphatic rings. The molecule has 0 spiro atoms. The molecule has 2 amide bonds. The number of rotatable bonds is 13. The number of carbonyl (C=O) groups excluding carboxylic acids is 2. The molecule has 230 valence electrons. The topological polar surface area (TPSA) is 59.1 Å². The molecule has 0 aliphatic heterocycles. The minimum Gasteiger partial charge on any atom is -0.492 e. The summed E-state index contributed by atoms with van der Waals surface area (Å²) in [5.74, 6) is 1.78. The van der Waals surface area contributed by atoms with Gasteiger partial charge in [-0.05, 0) is 104 Å². The van der Waals surface area contributed by atoms with Crippen molar-refractivity contribution in [2.24, 2.45) is 11.8 Å². The van der Waals surface area contributed by atoms with Crippen molar-refractivity contribution in [3.63, 3.8) is 0 Å². The normalized spacial score (nSPS) is 11.0. The number of halogens is 2. The maximum atomic E-state index is 14.0. The summed E-state index contributed by atoms with van der Waals surface area (Å²) >= 11 is 7.15. The lowest BCUT2D eigenvalue weighted by Gasteiger charge is -2.29. The van der Waals surface area contributed by atoms with Gasteiger partial charge in [-0.2, -0.15) is 0 Å². The Balaban J connectivity index is 1.61. The third-order valence-electron chi connectivity index (χ3n) is 6.68. The van der Waals surface area contributed by atoms with Gasteiger partial charge < -0.3 is 19.3 Å². The van der Waals surface area contributed by atoms with E-state index in [2.05, 4.69) is 59.6 Å². The number of benzene rings is 4. The van der Waals surface area contributed by atoms with Crippen LogP contribution in [0.4, 0.5) is 11.4 Å². The molecule has 0 unspecified atom stereocenters. The largest absolute Gasteiger partial charge is 0.492 e. The number of ether oxygens (including phenoxy) is 2. The van der Waals surface area contributed by atoms with Crippen LogP contribution >= 0.6 is 31.9 Å². The van der Waals surface area contributed by atoms with Crippen LogP contribution < -0.4 is 19.3 Å². The SMILES string of the molecule is CC(C)COc1ccc(C(=O)N(CCN(C(=O)c2ccc(OCC(C)C)c(Br)c2)c2ccccc2)c2ccccc2)cc1Br. The molecular weight excluding hydrogens is 684 g/mol. The first-order valence-corrected chi connectivity index (χ1v) is 16.3. The maximum absolute atomic E-state index is 14.0. The van der Waals surface area contributed by atoms with Crippen LogP contribution in [0.3, 0.4) is 0 Å². The van der Waals surface area contributed by atoms with E-state index in [0.29, 0.717) is 56.6 Å². The molecule has 0 atom stereocenters. The molecule has 44 heavy (non-hydrogen) atoms. The van der Waals surface area contributed by atoms with Gasteiger partial charge in [-0.25, -0.2) is 0 Å². The van der Waals surface area contributed by atoms with Crippen LogP contribution in [0.1, 0.15) is 48.4 Å². The van der Waals surface area contributed by atoms with Crippen molar-refractivity contribution in [2.75, 3.05) is 36.1 Å². The van der Waals surface area contributed by atoms with Gasteiger partial charge in [-0.15, -0.1) is 0 Å². The quantitative estimate of drug-likeness (QED) is 0.138. The van der Waals surface area contributed by atoms with Crippen molar-refractivity contribution in [3.8, 4) is 11.5 Å². The highest BCUT2D eigenvalue weighted by molar-refractivity contribution is 9.10. The van der Waals surface area contributed by atoms with E-state index in [1.165, 1.54) is 0 Å². The molecule has 0 heterocycles. The molecule has 0 bridgehead atoms. The van der Waals surface area contributed by atoms with Gasteiger partial charge in [0.25, 0.3) is 11.8 Å². The van der Waals surface area contributed by atoms with Crippen LogP contribution in [-0.2, 0) is 0 Å². The van der Waals surface area contributed by atoms with Gasteiger partial charge in [0, 0.05) is 35.6 Å². The summed E-state index contributed by atoms with van der Waals surface area (Å²) in [6.07, 6.45) is 0. The average Bonchev–Trinajstić information content (AvgIpc) is 3.02. The van der Waals surface area contributed by atoms with E-state index in [0.717, 1.165) is 11.4 Å². The Bertz CT molecular complexity index is 1430. The number of nitrogens with zero attached hydrogens (tertiary/aromatic N) is 2. The van der Waals surface area contributed by atoms with Crippen molar-refractivity contribution < 1.29 is 19.1 Å². The van der Waals surface area contributed by atoms with Crippen molar-refractivity contribution in [2.45, 2.75) is 27.7 Å². The van der Waals surface area contributed by atoms with Gasteiger partial charge in [-0.3, -0.25) is 9.59 Å². The van der Waals surface area contributed by atoms with Crippen molar-refractivity contribution in [3.05, 3.63) is 117 Å². The van der Waals surface area contributed by atoms with E-state index >= 15 is 0 Å². The summed E-state index contributed by atoms with van der Waals surface area (Å²) in [4.78, 5) is 31.4. The Morgan fingerprint density at radius 1 is 0.591 bits per heavy atom. The Kier molecular flexibility index (Phi) is 12.0. The first-order chi connectivity index (χ1) is 21.1. The second kappa shape index (κ2) is 15.9. The molecule has 6 nitrogen and oxygen atoms in total. The van der Waals surface area contributed by atoms with Crippen LogP contribution in [0.2, 0.25) is 0 Å². The van der Waals surface area contributed by atoms with E-state index in [4.69, 9.17) is 9.47 Å². The van der Waals surface area contributed by atoms with E-state index in [9.17, 15) is 9.59 Å².